The summed E-state index contributed by atoms with van der Waals surface area (Å²) in [6.45, 7) is 1.63. The fourth-order valence-electron chi connectivity index (χ4n) is 2.53. The number of nitrogens with one attached hydrogen (secondary N) is 1. The topological polar surface area (TPSA) is 77.0 Å². The van der Waals surface area contributed by atoms with Gasteiger partial charge in [-0.25, -0.2) is 14.6 Å². The molecule has 0 atom stereocenters. The van der Waals surface area contributed by atoms with Crippen molar-refractivity contribution in [3.05, 3.63) is 94.3 Å². The van der Waals surface area contributed by atoms with Gasteiger partial charge in [0.05, 0.1) is 11.8 Å². The zero-order chi connectivity index (χ0) is 22.2. The number of amides is 1. The fourth-order valence-corrected chi connectivity index (χ4v) is 2.76. The van der Waals surface area contributed by atoms with Crippen molar-refractivity contribution in [2.45, 2.75) is 6.92 Å². The summed E-state index contributed by atoms with van der Waals surface area (Å²) >= 11 is 5.88. The van der Waals surface area contributed by atoms with Gasteiger partial charge in [-0.05, 0) is 78.7 Å². The quantitative estimate of drug-likeness (QED) is 0.253. The fraction of sp³-hybridized carbons (Fsp3) is 0.0870. The molecule has 0 aliphatic rings. The second-order valence-electron chi connectivity index (χ2n) is 6.46. The van der Waals surface area contributed by atoms with Crippen LogP contribution in [0.15, 0.2) is 71.8 Å². The first-order chi connectivity index (χ1) is 14.9. The highest BCUT2D eigenvalue weighted by atomic mass is 35.5. The molecule has 31 heavy (non-hydrogen) atoms. The Labute approximate surface area is 183 Å². The number of aryl methyl sites for hydroxylation is 1. The zero-order valence-electron chi connectivity index (χ0n) is 16.5. The molecule has 0 saturated carbocycles. The number of ether oxygens (including phenoxy) is 2. The van der Waals surface area contributed by atoms with E-state index in [0.29, 0.717) is 22.1 Å². The third-order valence-corrected chi connectivity index (χ3v) is 4.28. The Balaban J connectivity index is 1.47. The number of benzene rings is 3. The first kappa shape index (κ1) is 22.0. The Kier molecular flexibility index (Phi) is 7.35. The van der Waals surface area contributed by atoms with Crippen LogP contribution in [0.1, 0.15) is 21.5 Å². The minimum Gasteiger partial charge on any atom is -0.483 e. The maximum absolute atomic E-state index is 13.2. The van der Waals surface area contributed by atoms with Crippen molar-refractivity contribution < 1.29 is 23.5 Å². The van der Waals surface area contributed by atoms with E-state index in [1.54, 1.807) is 42.5 Å². The molecule has 8 heteroatoms. The Hall–Kier alpha value is -3.71. The lowest BCUT2D eigenvalue weighted by Gasteiger charge is -2.08. The Morgan fingerprint density at radius 3 is 2.58 bits per heavy atom. The smallest absolute Gasteiger partial charge is 0.343 e. The minimum absolute atomic E-state index is 0.115. The first-order valence-electron chi connectivity index (χ1n) is 9.19. The average molecular weight is 441 g/mol. The number of hydrazone groups is 1. The van der Waals surface area contributed by atoms with E-state index in [2.05, 4.69) is 10.5 Å². The van der Waals surface area contributed by atoms with Gasteiger partial charge in [-0.15, -0.1) is 0 Å². The SMILES string of the molecule is Cc1cc(Cl)ccc1OCC(=O)NN=Cc1ccc(OC(=O)c2cccc(F)c2)cc1. The number of carbonyl (C=O) groups is 2. The molecule has 0 aromatic heterocycles. The van der Waals surface area contributed by atoms with Crippen LogP contribution in [0.3, 0.4) is 0 Å². The summed E-state index contributed by atoms with van der Waals surface area (Å²) in [6.07, 6.45) is 1.43. The largest absolute Gasteiger partial charge is 0.483 e. The third kappa shape index (κ3) is 6.65. The summed E-state index contributed by atoms with van der Waals surface area (Å²) in [7, 11) is 0. The Bertz CT molecular complexity index is 1120. The molecule has 3 aromatic carbocycles. The molecule has 0 bridgehead atoms. The molecule has 0 radical (unpaired) electrons. The van der Waals surface area contributed by atoms with Crippen LogP contribution in [0.4, 0.5) is 4.39 Å². The maximum Gasteiger partial charge on any atom is 0.343 e. The lowest BCUT2D eigenvalue weighted by molar-refractivity contribution is -0.123. The van der Waals surface area contributed by atoms with Gasteiger partial charge in [-0.1, -0.05) is 17.7 Å². The van der Waals surface area contributed by atoms with E-state index in [4.69, 9.17) is 21.1 Å². The maximum atomic E-state index is 13.2. The van der Waals surface area contributed by atoms with Crippen LogP contribution in [-0.2, 0) is 4.79 Å². The summed E-state index contributed by atoms with van der Waals surface area (Å²) in [5.74, 6) is -0.749. The standard InChI is InChI=1S/C23H18ClFN2O4/c1-15-11-18(24)7-10-21(15)30-14-22(28)27-26-13-16-5-8-20(9-6-16)31-23(29)17-3-2-4-19(25)12-17/h2-13H,14H2,1H3,(H,27,28). The van der Waals surface area contributed by atoms with Crippen molar-refractivity contribution in [3.63, 3.8) is 0 Å². The molecule has 0 unspecified atom stereocenters. The number of esters is 1. The van der Waals surface area contributed by atoms with Crippen LogP contribution in [0.5, 0.6) is 11.5 Å². The number of rotatable bonds is 7. The number of nitrogens with zero attached hydrogens (tertiary/aromatic N) is 1. The van der Waals surface area contributed by atoms with Crippen LogP contribution in [0.25, 0.3) is 0 Å². The molecule has 0 aliphatic heterocycles. The molecular formula is C23H18ClFN2O4. The Morgan fingerprint density at radius 1 is 1.10 bits per heavy atom. The molecule has 6 nitrogen and oxygen atoms in total. The molecule has 158 valence electrons. The summed E-state index contributed by atoms with van der Waals surface area (Å²) in [5, 5.41) is 4.45. The summed E-state index contributed by atoms with van der Waals surface area (Å²) in [6, 6.07) is 16.8. The molecule has 1 amide bonds. The van der Waals surface area contributed by atoms with Gasteiger partial charge in [0.1, 0.15) is 17.3 Å². The van der Waals surface area contributed by atoms with Crippen LogP contribution >= 0.6 is 11.6 Å². The van der Waals surface area contributed by atoms with Crippen molar-refractivity contribution in [1.82, 2.24) is 5.43 Å². The second kappa shape index (κ2) is 10.4. The molecule has 0 saturated heterocycles. The molecule has 0 heterocycles. The van der Waals surface area contributed by atoms with Gasteiger partial charge in [0.15, 0.2) is 6.61 Å². The second-order valence-corrected chi connectivity index (χ2v) is 6.90. The van der Waals surface area contributed by atoms with Gasteiger partial charge in [0, 0.05) is 5.02 Å². The molecule has 3 rings (SSSR count). The molecule has 1 N–H and O–H groups in total. The molecule has 0 fully saturated rings. The summed E-state index contributed by atoms with van der Waals surface area (Å²) in [4.78, 5) is 23.9. The normalized spacial score (nSPS) is 10.7. The van der Waals surface area contributed by atoms with E-state index < -0.39 is 17.7 Å². The van der Waals surface area contributed by atoms with Gasteiger partial charge in [-0.3, -0.25) is 4.79 Å². The number of carbonyl (C=O) groups excluding carboxylic acids is 2. The van der Waals surface area contributed by atoms with E-state index in [1.807, 2.05) is 6.92 Å². The number of hydrogen-bond acceptors (Lipinski definition) is 5. The lowest BCUT2D eigenvalue weighted by Crippen LogP contribution is -2.24. The van der Waals surface area contributed by atoms with E-state index in [1.165, 1.54) is 24.4 Å². The molecule has 3 aromatic rings. The van der Waals surface area contributed by atoms with Gasteiger partial charge < -0.3 is 9.47 Å². The van der Waals surface area contributed by atoms with E-state index in [9.17, 15) is 14.0 Å². The number of hydrogen-bond donors (Lipinski definition) is 1. The highest BCUT2D eigenvalue weighted by Gasteiger charge is 2.09. The number of halogens is 2. The predicted molar refractivity (Wildman–Crippen MR) is 115 cm³/mol. The van der Waals surface area contributed by atoms with Crippen molar-refractivity contribution in [1.29, 1.82) is 0 Å². The molecule has 0 spiro atoms. The molecule has 0 aliphatic carbocycles. The van der Waals surface area contributed by atoms with E-state index in [-0.39, 0.29) is 12.2 Å². The van der Waals surface area contributed by atoms with Crippen LogP contribution in [0, 0.1) is 12.7 Å². The van der Waals surface area contributed by atoms with Gasteiger partial charge >= 0.3 is 5.97 Å². The minimum atomic E-state index is -0.663. The predicted octanol–water partition coefficient (Wildman–Crippen LogP) is 4.54. The summed E-state index contributed by atoms with van der Waals surface area (Å²) < 4.78 is 23.8. The average Bonchev–Trinajstić information content (AvgIpc) is 2.74. The van der Waals surface area contributed by atoms with Crippen molar-refractivity contribution >= 4 is 29.7 Å². The van der Waals surface area contributed by atoms with Crippen LogP contribution < -0.4 is 14.9 Å². The van der Waals surface area contributed by atoms with Gasteiger partial charge in [0.2, 0.25) is 0 Å². The van der Waals surface area contributed by atoms with E-state index in [0.717, 1.165) is 11.6 Å². The highest BCUT2D eigenvalue weighted by molar-refractivity contribution is 6.30. The zero-order valence-corrected chi connectivity index (χ0v) is 17.2. The highest BCUT2D eigenvalue weighted by Crippen LogP contribution is 2.21. The van der Waals surface area contributed by atoms with Crippen molar-refractivity contribution in [2.24, 2.45) is 5.10 Å². The monoisotopic (exact) mass is 440 g/mol. The van der Waals surface area contributed by atoms with Crippen molar-refractivity contribution in [3.8, 4) is 11.5 Å². The summed E-state index contributed by atoms with van der Waals surface area (Å²) in [5.41, 5.74) is 3.97. The lowest BCUT2D eigenvalue weighted by atomic mass is 10.2. The van der Waals surface area contributed by atoms with Crippen molar-refractivity contribution in [2.75, 3.05) is 6.61 Å². The third-order valence-electron chi connectivity index (χ3n) is 4.05. The Morgan fingerprint density at radius 2 is 1.87 bits per heavy atom. The van der Waals surface area contributed by atoms with Crippen LogP contribution in [-0.4, -0.2) is 24.7 Å². The van der Waals surface area contributed by atoms with Gasteiger partial charge in [-0.2, -0.15) is 5.10 Å². The first-order valence-corrected chi connectivity index (χ1v) is 9.57. The molecular weight excluding hydrogens is 423 g/mol. The van der Waals surface area contributed by atoms with Crippen LogP contribution in [0.2, 0.25) is 5.02 Å². The van der Waals surface area contributed by atoms with Gasteiger partial charge in [0.25, 0.3) is 5.91 Å². The van der Waals surface area contributed by atoms with E-state index >= 15 is 0 Å².